The zero-order valence-electron chi connectivity index (χ0n) is 12.0. The highest BCUT2D eigenvalue weighted by Crippen LogP contribution is 2.29. The molecule has 2 saturated heterocycles. The molecule has 0 amide bonds. The van der Waals surface area contributed by atoms with E-state index in [1.807, 2.05) is 13.8 Å². The SMILES string of the molecule is C[C@@H]1CCC[C@H](C)N1S(=O)(=O)N1CCC(CO)CC1. The summed E-state index contributed by atoms with van der Waals surface area (Å²) in [5.41, 5.74) is 0. The molecule has 0 spiro atoms. The van der Waals surface area contributed by atoms with Crippen molar-refractivity contribution in [3.05, 3.63) is 0 Å². The molecule has 0 aromatic rings. The molecule has 0 saturated carbocycles. The molecule has 0 radical (unpaired) electrons. The summed E-state index contributed by atoms with van der Waals surface area (Å²) in [5.74, 6) is 0.266. The van der Waals surface area contributed by atoms with Gasteiger partial charge in [-0.1, -0.05) is 6.42 Å². The van der Waals surface area contributed by atoms with Crippen LogP contribution in [0, 0.1) is 5.92 Å². The Balaban J connectivity index is 2.09. The molecule has 0 aromatic carbocycles. The topological polar surface area (TPSA) is 60.9 Å². The Labute approximate surface area is 116 Å². The predicted molar refractivity (Wildman–Crippen MR) is 74.9 cm³/mol. The van der Waals surface area contributed by atoms with Gasteiger partial charge in [0.25, 0.3) is 10.2 Å². The summed E-state index contributed by atoms with van der Waals surface area (Å²) in [6.07, 6.45) is 4.56. The Hall–Kier alpha value is -0.170. The molecule has 2 atom stereocenters. The fourth-order valence-corrected chi connectivity index (χ4v) is 5.37. The Bertz CT molecular complexity index is 381. The first kappa shape index (κ1) is 15.2. The minimum absolute atomic E-state index is 0.101. The first-order chi connectivity index (χ1) is 8.96. The van der Waals surface area contributed by atoms with E-state index in [4.69, 9.17) is 5.11 Å². The molecule has 5 nitrogen and oxygen atoms in total. The van der Waals surface area contributed by atoms with Gasteiger partial charge in [0, 0.05) is 31.8 Å². The second kappa shape index (κ2) is 6.08. The van der Waals surface area contributed by atoms with Gasteiger partial charge < -0.3 is 5.11 Å². The molecule has 2 heterocycles. The van der Waals surface area contributed by atoms with Crippen LogP contribution in [-0.2, 0) is 10.2 Å². The van der Waals surface area contributed by atoms with Crippen molar-refractivity contribution in [3.63, 3.8) is 0 Å². The third-order valence-corrected chi connectivity index (χ3v) is 6.81. The second-order valence-corrected chi connectivity index (χ2v) is 7.83. The van der Waals surface area contributed by atoms with E-state index in [1.54, 1.807) is 8.61 Å². The number of aliphatic hydroxyl groups is 1. The van der Waals surface area contributed by atoms with Gasteiger partial charge in [0.05, 0.1) is 0 Å². The van der Waals surface area contributed by atoms with E-state index in [2.05, 4.69) is 0 Å². The van der Waals surface area contributed by atoms with Crippen LogP contribution in [0.1, 0.15) is 46.0 Å². The molecule has 0 unspecified atom stereocenters. The van der Waals surface area contributed by atoms with E-state index in [0.717, 1.165) is 32.1 Å². The first-order valence-corrected chi connectivity index (χ1v) is 8.76. The summed E-state index contributed by atoms with van der Waals surface area (Å²) in [4.78, 5) is 0. The van der Waals surface area contributed by atoms with Gasteiger partial charge in [0.1, 0.15) is 0 Å². The highest BCUT2D eigenvalue weighted by Gasteiger charge is 2.39. The molecule has 2 aliphatic heterocycles. The van der Waals surface area contributed by atoms with Gasteiger partial charge in [-0.15, -0.1) is 0 Å². The van der Waals surface area contributed by atoms with Gasteiger partial charge >= 0.3 is 0 Å². The molecule has 19 heavy (non-hydrogen) atoms. The second-order valence-electron chi connectivity index (χ2n) is 5.99. The smallest absolute Gasteiger partial charge is 0.282 e. The van der Waals surface area contributed by atoms with Crippen molar-refractivity contribution < 1.29 is 13.5 Å². The Morgan fingerprint density at radius 1 is 1.05 bits per heavy atom. The lowest BCUT2D eigenvalue weighted by atomic mass is 10.00. The Morgan fingerprint density at radius 2 is 1.58 bits per heavy atom. The van der Waals surface area contributed by atoms with Crippen molar-refractivity contribution >= 4 is 10.2 Å². The third kappa shape index (κ3) is 3.12. The maximum atomic E-state index is 12.7. The van der Waals surface area contributed by atoms with E-state index < -0.39 is 10.2 Å². The molecular formula is C13H26N2O3S. The Morgan fingerprint density at radius 3 is 2.05 bits per heavy atom. The van der Waals surface area contributed by atoms with Crippen LogP contribution in [0.4, 0.5) is 0 Å². The van der Waals surface area contributed by atoms with Crippen LogP contribution in [-0.4, -0.2) is 53.9 Å². The fourth-order valence-electron chi connectivity index (χ4n) is 3.31. The lowest BCUT2D eigenvalue weighted by Gasteiger charge is -2.42. The maximum absolute atomic E-state index is 12.7. The number of hydrogen-bond donors (Lipinski definition) is 1. The summed E-state index contributed by atoms with van der Waals surface area (Å²) in [6.45, 7) is 5.28. The molecule has 0 bridgehead atoms. The number of piperidine rings is 2. The highest BCUT2D eigenvalue weighted by molar-refractivity contribution is 7.86. The molecule has 112 valence electrons. The maximum Gasteiger partial charge on any atom is 0.282 e. The first-order valence-electron chi connectivity index (χ1n) is 7.36. The van der Waals surface area contributed by atoms with E-state index in [1.165, 1.54) is 0 Å². The van der Waals surface area contributed by atoms with Crippen molar-refractivity contribution in [1.82, 2.24) is 8.61 Å². The zero-order valence-corrected chi connectivity index (χ0v) is 12.8. The van der Waals surface area contributed by atoms with Gasteiger partial charge in [-0.2, -0.15) is 17.0 Å². The van der Waals surface area contributed by atoms with Gasteiger partial charge in [-0.3, -0.25) is 0 Å². The van der Waals surface area contributed by atoms with Crippen LogP contribution in [0.5, 0.6) is 0 Å². The average molecular weight is 290 g/mol. The van der Waals surface area contributed by atoms with Gasteiger partial charge in [-0.25, -0.2) is 0 Å². The standard InChI is InChI=1S/C13H26N2O3S/c1-11-4-3-5-12(2)15(11)19(17,18)14-8-6-13(10-16)7-9-14/h11-13,16H,3-10H2,1-2H3/t11-,12+. The van der Waals surface area contributed by atoms with Gasteiger partial charge in [0.2, 0.25) is 0 Å². The van der Waals surface area contributed by atoms with E-state index >= 15 is 0 Å². The molecule has 6 heteroatoms. The predicted octanol–water partition coefficient (Wildman–Crippen LogP) is 1.20. The lowest BCUT2D eigenvalue weighted by molar-refractivity contribution is 0.151. The Kier molecular flexibility index (Phi) is 4.87. The van der Waals surface area contributed by atoms with E-state index in [0.29, 0.717) is 13.1 Å². The van der Waals surface area contributed by atoms with Gasteiger partial charge in [-0.05, 0) is 45.4 Å². The zero-order chi connectivity index (χ0) is 14.0. The fraction of sp³-hybridized carbons (Fsp3) is 1.00. The van der Waals surface area contributed by atoms with Crippen LogP contribution >= 0.6 is 0 Å². The molecule has 2 aliphatic rings. The molecule has 2 rings (SSSR count). The summed E-state index contributed by atoms with van der Waals surface area (Å²) in [6, 6.07) is 0.202. The summed E-state index contributed by atoms with van der Waals surface area (Å²) in [5, 5.41) is 9.13. The van der Waals surface area contributed by atoms with Crippen molar-refractivity contribution in [2.75, 3.05) is 19.7 Å². The average Bonchev–Trinajstić information content (AvgIpc) is 2.38. The van der Waals surface area contributed by atoms with Crippen molar-refractivity contribution in [2.24, 2.45) is 5.92 Å². The molecule has 1 N–H and O–H groups in total. The number of aliphatic hydroxyl groups excluding tert-OH is 1. The van der Waals surface area contributed by atoms with Crippen LogP contribution in [0.3, 0.4) is 0 Å². The van der Waals surface area contributed by atoms with Crippen LogP contribution < -0.4 is 0 Å². The van der Waals surface area contributed by atoms with Crippen LogP contribution in [0.2, 0.25) is 0 Å². The van der Waals surface area contributed by atoms with Crippen molar-refractivity contribution in [3.8, 4) is 0 Å². The summed E-state index contributed by atoms with van der Waals surface area (Å²) in [7, 11) is -3.33. The quantitative estimate of drug-likeness (QED) is 0.849. The van der Waals surface area contributed by atoms with Crippen molar-refractivity contribution in [1.29, 1.82) is 0 Å². The summed E-state index contributed by atoms with van der Waals surface area (Å²) < 4.78 is 28.8. The lowest BCUT2D eigenvalue weighted by Crippen LogP contribution is -2.54. The van der Waals surface area contributed by atoms with Gasteiger partial charge in [0.15, 0.2) is 0 Å². The van der Waals surface area contributed by atoms with E-state index in [-0.39, 0.29) is 24.6 Å². The largest absolute Gasteiger partial charge is 0.396 e. The number of rotatable bonds is 3. The normalized spacial score (nSPS) is 32.6. The summed E-state index contributed by atoms with van der Waals surface area (Å²) >= 11 is 0. The monoisotopic (exact) mass is 290 g/mol. The van der Waals surface area contributed by atoms with E-state index in [9.17, 15) is 8.42 Å². The highest BCUT2D eigenvalue weighted by atomic mass is 32.2. The molecule has 0 aliphatic carbocycles. The number of hydrogen-bond acceptors (Lipinski definition) is 3. The third-order valence-electron chi connectivity index (χ3n) is 4.54. The minimum atomic E-state index is -3.33. The molecular weight excluding hydrogens is 264 g/mol. The van der Waals surface area contributed by atoms with Crippen LogP contribution in [0.25, 0.3) is 0 Å². The van der Waals surface area contributed by atoms with Crippen molar-refractivity contribution in [2.45, 2.75) is 58.0 Å². The van der Waals surface area contributed by atoms with Crippen LogP contribution in [0.15, 0.2) is 0 Å². The molecule has 0 aromatic heterocycles. The minimum Gasteiger partial charge on any atom is -0.396 e. The molecule has 2 fully saturated rings. The number of nitrogens with zero attached hydrogens (tertiary/aromatic N) is 2.